The van der Waals surface area contributed by atoms with Crippen LogP contribution in [0.5, 0.6) is 0 Å². The molecule has 41 heavy (non-hydrogen) atoms. The standard InChI is InChI=1S/C31H32F3N5OSi/c1-30(2,3)41(4,5)40-19-20-11-13-23(14-12-20)39-28(24-10-7-17-36-27(24)35)38-26-16-15-25(37-29(26)39)21-8-6-9-22(18-21)31(32,33)34/h6-18H,19H2,1-5H3,(H2,35,36). The molecule has 0 saturated heterocycles. The van der Waals surface area contributed by atoms with Gasteiger partial charge in [0, 0.05) is 17.4 Å². The maximum Gasteiger partial charge on any atom is 0.416 e. The molecule has 0 fully saturated rings. The Morgan fingerprint density at radius 1 is 0.902 bits per heavy atom. The molecule has 0 aliphatic rings. The Balaban J connectivity index is 1.61. The zero-order chi connectivity index (χ0) is 29.6. The van der Waals surface area contributed by atoms with Crippen LogP contribution < -0.4 is 5.73 Å². The van der Waals surface area contributed by atoms with Crippen molar-refractivity contribution in [3.8, 4) is 28.3 Å². The summed E-state index contributed by atoms with van der Waals surface area (Å²) in [6, 6.07) is 20.1. The van der Waals surface area contributed by atoms with Crippen LogP contribution in [0.25, 0.3) is 39.5 Å². The number of hydrogen-bond acceptors (Lipinski definition) is 5. The molecule has 0 saturated carbocycles. The second kappa shape index (κ2) is 10.4. The summed E-state index contributed by atoms with van der Waals surface area (Å²) in [4.78, 5) is 13.8. The fourth-order valence-electron chi connectivity index (χ4n) is 4.23. The smallest absolute Gasteiger partial charge is 0.413 e. The van der Waals surface area contributed by atoms with E-state index in [1.54, 1.807) is 30.5 Å². The van der Waals surface area contributed by atoms with Gasteiger partial charge in [-0.1, -0.05) is 45.0 Å². The number of rotatable bonds is 6. The Morgan fingerprint density at radius 3 is 2.29 bits per heavy atom. The molecule has 2 aromatic carbocycles. The average Bonchev–Trinajstić information content (AvgIpc) is 3.30. The van der Waals surface area contributed by atoms with Gasteiger partial charge in [0.2, 0.25) is 0 Å². The molecule has 0 aliphatic heterocycles. The lowest BCUT2D eigenvalue weighted by Crippen LogP contribution is -2.40. The van der Waals surface area contributed by atoms with Gasteiger partial charge in [0.15, 0.2) is 19.8 Å². The number of imidazole rings is 1. The van der Waals surface area contributed by atoms with Crippen LogP contribution in [0.1, 0.15) is 31.9 Å². The van der Waals surface area contributed by atoms with Gasteiger partial charge in [0.1, 0.15) is 11.3 Å². The first-order valence-electron chi connectivity index (χ1n) is 13.3. The number of nitrogens with zero attached hydrogens (tertiary/aromatic N) is 4. The molecule has 0 unspecified atom stereocenters. The van der Waals surface area contributed by atoms with Crippen LogP contribution in [0, 0.1) is 0 Å². The molecule has 5 rings (SSSR count). The Hall–Kier alpha value is -4.02. The Labute approximate surface area is 238 Å². The second-order valence-corrected chi connectivity index (χ2v) is 16.3. The number of alkyl halides is 3. The van der Waals surface area contributed by atoms with Crippen molar-refractivity contribution >= 4 is 25.3 Å². The van der Waals surface area contributed by atoms with Crippen molar-refractivity contribution < 1.29 is 17.6 Å². The van der Waals surface area contributed by atoms with Crippen molar-refractivity contribution in [2.24, 2.45) is 0 Å². The molecule has 0 radical (unpaired) electrons. The van der Waals surface area contributed by atoms with Crippen LogP contribution in [0.15, 0.2) is 79.0 Å². The van der Waals surface area contributed by atoms with Crippen molar-refractivity contribution in [3.63, 3.8) is 0 Å². The number of anilines is 1. The molecule has 0 atom stereocenters. The van der Waals surface area contributed by atoms with Crippen molar-refractivity contribution in [1.29, 1.82) is 0 Å². The van der Waals surface area contributed by atoms with Gasteiger partial charge in [-0.25, -0.2) is 15.0 Å². The Bertz CT molecular complexity index is 1710. The predicted molar refractivity (Wildman–Crippen MR) is 159 cm³/mol. The van der Waals surface area contributed by atoms with Crippen LogP contribution in [-0.4, -0.2) is 27.8 Å². The quantitative estimate of drug-likeness (QED) is 0.206. The summed E-state index contributed by atoms with van der Waals surface area (Å²) in [5.41, 5.74) is 9.75. The van der Waals surface area contributed by atoms with Gasteiger partial charge >= 0.3 is 6.18 Å². The number of benzene rings is 2. The Morgan fingerprint density at radius 2 is 1.63 bits per heavy atom. The summed E-state index contributed by atoms with van der Waals surface area (Å²) in [6.45, 7) is 11.6. The fourth-order valence-corrected chi connectivity index (χ4v) is 5.19. The van der Waals surface area contributed by atoms with Crippen LogP contribution in [0.3, 0.4) is 0 Å². The predicted octanol–water partition coefficient (Wildman–Crippen LogP) is 8.27. The largest absolute Gasteiger partial charge is 0.416 e. The number of nitrogen functional groups attached to an aromatic ring is 1. The molecule has 2 N–H and O–H groups in total. The first kappa shape index (κ1) is 28.5. The first-order valence-corrected chi connectivity index (χ1v) is 16.2. The van der Waals surface area contributed by atoms with E-state index >= 15 is 0 Å². The lowest BCUT2D eigenvalue weighted by molar-refractivity contribution is -0.137. The molecule has 0 aliphatic carbocycles. The SMILES string of the molecule is CC(C)(C)[Si](C)(C)OCc1ccc(-n2c(-c3cccnc3N)nc3ccc(-c4cccc(C(F)(F)F)c4)nc32)cc1. The van der Waals surface area contributed by atoms with E-state index in [0.717, 1.165) is 23.4 Å². The zero-order valence-corrected chi connectivity index (χ0v) is 24.6. The molecule has 10 heteroatoms. The van der Waals surface area contributed by atoms with Crippen LogP contribution in [0.2, 0.25) is 18.1 Å². The van der Waals surface area contributed by atoms with Crippen molar-refractivity contribution in [3.05, 3.63) is 90.1 Å². The zero-order valence-electron chi connectivity index (χ0n) is 23.6. The van der Waals surface area contributed by atoms with Crippen molar-refractivity contribution in [2.45, 2.75) is 51.7 Å². The summed E-state index contributed by atoms with van der Waals surface area (Å²) in [5.74, 6) is 0.839. The van der Waals surface area contributed by atoms with Gasteiger partial charge in [-0.3, -0.25) is 4.57 Å². The monoisotopic (exact) mass is 575 g/mol. The van der Waals surface area contributed by atoms with Crippen LogP contribution in [-0.2, 0) is 17.2 Å². The van der Waals surface area contributed by atoms with Crippen LogP contribution in [0.4, 0.5) is 19.0 Å². The van der Waals surface area contributed by atoms with Gasteiger partial charge in [-0.15, -0.1) is 0 Å². The van der Waals surface area contributed by atoms with Crippen LogP contribution >= 0.6 is 0 Å². The number of aromatic nitrogens is 4. The highest BCUT2D eigenvalue weighted by atomic mass is 28.4. The molecule has 0 spiro atoms. The minimum atomic E-state index is -4.46. The van der Waals surface area contributed by atoms with Gasteiger partial charge in [0.05, 0.1) is 23.4 Å². The summed E-state index contributed by atoms with van der Waals surface area (Å²) in [7, 11) is -1.92. The van der Waals surface area contributed by atoms with Gasteiger partial charge in [-0.05, 0) is 72.2 Å². The van der Waals surface area contributed by atoms with E-state index in [9.17, 15) is 13.2 Å². The summed E-state index contributed by atoms with van der Waals surface area (Å²) in [6.07, 6.45) is -2.85. The highest BCUT2D eigenvalue weighted by Crippen LogP contribution is 2.38. The molecule has 3 heterocycles. The van der Waals surface area contributed by atoms with E-state index < -0.39 is 20.1 Å². The number of fused-ring (bicyclic) bond motifs is 1. The topological polar surface area (TPSA) is 78.9 Å². The van der Waals surface area contributed by atoms with Gasteiger partial charge in [-0.2, -0.15) is 13.2 Å². The molecule has 212 valence electrons. The van der Waals surface area contributed by atoms with E-state index in [-0.39, 0.29) is 5.04 Å². The molecule has 0 bridgehead atoms. The summed E-state index contributed by atoms with van der Waals surface area (Å²) >= 11 is 0. The summed E-state index contributed by atoms with van der Waals surface area (Å²) in [5, 5.41) is 0.101. The summed E-state index contributed by atoms with van der Waals surface area (Å²) < 4.78 is 48.5. The van der Waals surface area contributed by atoms with E-state index in [1.165, 1.54) is 6.07 Å². The molecule has 3 aromatic heterocycles. The highest BCUT2D eigenvalue weighted by molar-refractivity contribution is 6.74. The maximum atomic E-state index is 13.4. The van der Waals surface area contributed by atoms with E-state index in [4.69, 9.17) is 20.1 Å². The first-order chi connectivity index (χ1) is 19.2. The van der Waals surface area contributed by atoms with E-state index in [0.29, 0.717) is 46.2 Å². The molecular formula is C31H32F3N5OSi. The average molecular weight is 576 g/mol. The maximum absolute atomic E-state index is 13.4. The highest BCUT2D eigenvalue weighted by Gasteiger charge is 2.37. The molecule has 0 amide bonds. The minimum absolute atomic E-state index is 0.101. The van der Waals surface area contributed by atoms with Gasteiger partial charge < -0.3 is 10.2 Å². The second-order valence-electron chi connectivity index (χ2n) is 11.5. The Kier molecular flexibility index (Phi) is 7.25. The van der Waals surface area contributed by atoms with Crippen molar-refractivity contribution in [2.75, 3.05) is 5.73 Å². The van der Waals surface area contributed by atoms with E-state index in [2.05, 4.69) is 38.8 Å². The number of nitrogens with two attached hydrogens (primary N) is 1. The normalized spacial score (nSPS) is 12.7. The third-order valence-electron chi connectivity index (χ3n) is 7.67. The molecular weight excluding hydrogens is 543 g/mol. The minimum Gasteiger partial charge on any atom is -0.413 e. The molecule has 5 aromatic rings. The third-order valence-corrected chi connectivity index (χ3v) is 12.1. The number of pyridine rings is 2. The number of halogens is 3. The van der Waals surface area contributed by atoms with Gasteiger partial charge in [0.25, 0.3) is 0 Å². The number of hydrogen-bond donors (Lipinski definition) is 1. The molecule has 6 nitrogen and oxygen atoms in total. The van der Waals surface area contributed by atoms with Crippen molar-refractivity contribution in [1.82, 2.24) is 19.5 Å². The van der Waals surface area contributed by atoms with E-state index in [1.807, 2.05) is 34.9 Å². The lowest BCUT2D eigenvalue weighted by atomic mass is 10.1. The lowest BCUT2D eigenvalue weighted by Gasteiger charge is -2.36. The fraction of sp³-hybridized carbons (Fsp3) is 0.258. The third kappa shape index (κ3) is 5.75.